The molecule has 0 amide bonds. The number of anilines is 4. The van der Waals surface area contributed by atoms with Gasteiger partial charge < -0.3 is 19.6 Å². The van der Waals surface area contributed by atoms with Gasteiger partial charge in [0, 0.05) is 209 Å². The van der Waals surface area contributed by atoms with Crippen molar-refractivity contribution in [3.63, 3.8) is 0 Å². The molecule has 106 heavy (non-hydrogen) atoms. The highest BCUT2D eigenvalue weighted by Gasteiger charge is 2.26. The molecule has 4 aliphatic rings. The van der Waals surface area contributed by atoms with Crippen LogP contribution in [-0.4, -0.2) is 175 Å². The summed E-state index contributed by atoms with van der Waals surface area (Å²) in [6.45, 7) is 24.0. The average molecular weight is 1540 g/mol. The zero-order valence-electron chi connectivity index (χ0n) is 59.1. The Balaban J connectivity index is 0.000000125. The molecule has 8 aromatic carbocycles. The maximum atomic E-state index is 13.4. The van der Waals surface area contributed by atoms with E-state index in [1.165, 1.54) is 110 Å². The van der Waals surface area contributed by atoms with Crippen LogP contribution in [0.25, 0.3) is 45.6 Å². The molecule has 8 heterocycles. The van der Waals surface area contributed by atoms with Gasteiger partial charge in [-0.05, 0) is 127 Å². The molecule has 0 atom stereocenters. The van der Waals surface area contributed by atoms with Gasteiger partial charge in [0.2, 0.25) is 20.5 Å². The van der Waals surface area contributed by atoms with Crippen LogP contribution in [0.3, 0.4) is 0 Å². The number of hydrogen-bond acceptors (Lipinski definition) is 20. The minimum Gasteiger partial charge on any atom is -0.344 e. The predicted octanol–water partition coefficient (Wildman–Crippen LogP) is 16.7. The van der Waals surface area contributed by atoms with Gasteiger partial charge in [-0.1, -0.05) is 151 Å². The average Bonchev–Trinajstić information content (AvgIpc) is 1.69. The molecular weight excluding hydrogens is 1460 g/mol. The summed E-state index contributed by atoms with van der Waals surface area (Å²) in [7, 11) is 0. The Hall–Kier alpha value is -8.66. The highest BCUT2D eigenvalue weighted by molar-refractivity contribution is 7.10. The molecule has 0 unspecified atom stereocenters. The molecular formula is C80H82Cl2F4N16S4. The second kappa shape index (κ2) is 37.2. The Morgan fingerprint density at radius 1 is 0.321 bits per heavy atom. The smallest absolute Gasteiger partial charge is 0.205 e. The molecule has 26 heteroatoms. The van der Waals surface area contributed by atoms with Crippen molar-refractivity contribution in [2.45, 2.75) is 39.8 Å². The van der Waals surface area contributed by atoms with Crippen molar-refractivity contribution in [1.29, 1.82) is 0 Å². The lowest BCUT2D eigenvalue weighted by Gasteiger charge is -2.34. The second-order valence-electron chi connectivity index (χ2n) is 26.4. The summed E-state index contributed by atoms with van der Waals surface area (Å²) in [5, 5.41) is 5.14. The molecule has 16 rings (SSSR count). The third-order valence-corrected chi connectivity index (χ3v) is 22.8. The monoisotopic (exact) mass is 1540 g/mol. The number of halogens is 6. The van der Waals surface area contributed by atoms with Crippen LogP contribution < -0.4 is 19.6 Å². The van der Waals surface area contributed by atoms with E-state index in [9.17, 15) is 17.6 Å². The molecule has 0 spiro atoms. The number of benzene rings is 8. The van der Waals surface area contributed by atoms with E-state index in [2.05, 4.69) is 170 Å². The van der Waals surface area contributed by atoms with Crippen molar-refractivity contribution in [2.24, 2.45) is 0 Å². The minimum atomic E-state index is -0.879. The zero-order chi connectivity index (χ0) is 73.1. The molecule has 548 valence electrons. The summed E-state index contributed by atoms with van der Waals surface area (Å²) in [5.41, 5.74) is 11.1. The van der Waals surface area contributed by atoms with Gasteiger partial charge in [0.1, 0.15) is 11.6 Å². The molecule has 0 saturated carbocycles. The maximum absolute atomic E-state index is 13.4. The van der Waals surface area contributed by atoms with Crippen molar-refractivity contribution >= 4 is 89.9 Å². The van der Waals surface area contributed by atoms with E-state index < -0.39 is 11.6 Å². The van der Waals surface area contributed by atoms with E-state index >= 15 is 0 Å². The van der Waals surface area contributed by atoms with Gasteiger partial charge in [0.05, 0.1) is 0 Å². The number of piperazine rings is 4. The van der Waals surface area contributed by atoms with E-state index in [1.807, 2.05) is 54.6 Å². The molecule has 4 aliphatic heterocycles. The first kappa shape index (κ1) is 75.6. The van der Waals surface area contributed by atoms with Gasteiger partial charge in [-0.15, -0.1) is 0 Å². The SMILES string of the molecule is Cc1ccccc1CN1CCN(c2nc(-c3cccc(Cl)c3)ns2)CC1.Cc1ccccc1CN1CCN(c2nc(-c3cccc(F)c3)ns2)CC1.Fc1ccc(-c2nsc(N3CCN(CCc4ccccc4)CC3)n2)cc1F.Fc1cccc(-c2nsc(N3CCN(CCc4ccc(Cl)cc4)CC3)n2)c1. The fraction of sp³-hybridized carbons (Fsp3) is 0.300. The van der Waals surface area contributed by atoms with E-state index in [0.717, 1.165) is 204 Å². The maximum Gasteiger partial charge on any atom is 0.205 e. The second-order valence-corrected chi connectivity index (χ2v) is 30.2. The van der Waals surface area contributed by atoms with Crippen LogP contribution in [0, 0.1) is 37.1 Å². The van der Waals surface area contributed by atoms with Crippen LogP contribution in [0.5, 0.6) is 0 Å². The van der Waals surface area contributed by atoms with Crippen LogP contribution >= 0.6 is 69.3 Å². The minimum absolute atomic E-state index is 0.260. The number of rotatable bonds is 18. The van der Waals surface area contributed by atoms with Gasteiger partial charge in [-0.3, -0.25) is 19.6 Å². The van der Waals surface area contributed by atoms with Gasteiger partial charge >= 0.3 is 0 Å². The normalized spacial score (nSPS) is 15.3. The largest absolute Gasteiger partial charge is 0.344 e. The summed E-state index contributed by atoms with van der Waals surface area (Å²) < 4.78 is 71.0. The molecule has 0 N–H and O–H groups in total. The lowest BCUT2D eigenvalue weighted by Crippen LogP contribution is -2.47. The highest BCUT2D eigenvalue weighted by Crippen LogP contribution is 2.31. The molecule has 4 aromatic heterocycles. The first-order chi connectivity index (χ1) is 51.7. The summed E-state index contributed by atoms with van der Waals surface area (Å²) in [6.07, 6.45) is 2.08. The van der Waals surface area contributed by atoms with Gasteiger partial charge in [0.15, 0.2) is 34.9 Å². The quantitative estimate of drug-likeness (QED) is 0.0755. The van der Waals surface area contributed by atoms with E-state index in [1.54, 1.807) is 12.1 Å². The van der Waals surface area contributed by atoms with Gasteiger partial charge in [-0.25, -0.2) is 17.6 Å². The van der Waals surface area contributed by atoms with Crippen LogP contribution in [0.2, 0.25) is 10.0 Å². The highest BCUT2D eigenvalue weighted by atomic mass is 35.5. The van der Waals surface area contributed by atoms with Crippen molar-refractivity contribution in [1.82, 2.24) is 57.0 Å². The van der Waals surface area contributed by atoms with Gasteiger partial charge in [0.25, 0.3) is 0 Å². The van der Waals surface area contributed by atoms with Gasteiger partial charge in [-0.2, -0.15) is 37.4 Å². The third-order valence-electron chi connectivity index (χ3n) is 19.2. The number of hydrogen-bond donors (Lipinski definition) is 0. The summed E-state index contributed by atoms with van der Waals surface area (Å²) >= 11 is 17.6. The Morgan fingerprint density at radius 3 is 1.07 bits per heavy atom. The van der Waals surface area contributed by atoms with E-state index in [4.69, 9.17) is 28.2 Å². The molecule has 0 aliphatic carbocycles. The Kier molecular flexibility index (Phi) is 26.6. The van der Waals surface area contributed by atoms with Crippen LogP contribution in [-0.2, 0) is 25.9 Å². The molecule has 4 fully saturated rings. The summed E-state index contributed by atoms with van der Waals surface area (Å²) in [5.74, 6) is 0.139. The third kappa shape index (κ3) is 21.1. The molecule has 12 aromatic rings. The fourth-order valence-corrected chi connectivity index (χ4v) is 16.1. The van der Waals surface area contributed by atoms with Crippen LogP contribution in [0.4, 0.5) is 38.1 Å². The van der Waals surface area contributed by atoms with E-state index in [-0.39, 0.29) is 11.6 Å². The van der Waals surface area contributed by atoms with Crippen molar-refractivity contribution in [3.8, 4) is 45.6 Å². The Labute approximate surface area is 643 Å². The molecule has 4 saturated heterocycles. The van der Waals surface area contributed by atoms with Crippen molar-refractivity contribution in [2.75, 3.05) is 137 Å². The number of aromatic nitrogens is 8. The zero-order valence-corrected chi connectivity index (χ0v) is 63.9. The van der Waals surface area contributed by atoms with E-state index in [0.29, 0.717) is 28.1 Å². The summed E-state index contributed by atoms with van der Waals surface area (Å²) in [6, 6.07) is 60.1. The molecule has 16 nitrogen and oxygen atoms in total. The molecule has 0 bridgehead atoms. The molecule has 0 radical (unpaired) electrons. The Morgan fingerprint density at radius 2 is 0.679 bits per heavy atom. The van der Waals surface area contributed by atoms with Crippen molar-refractivity contribution in [3.05, 3.63) is 261 Å². The standard InChI is InChI=1S/C20H20ClFN4S.C20H21ClN4S.C20H20F2N4S.C20H21FN4S/c21-17-6-4-15(5-7-17)8-9-25-10-12-26(13-11-25)20-23-19(24-27-20)16-2-1-3-18(22)14-16;1-15-5-2-3-6-17(15)14-24-9-11-25(12-10-24)20-22-19(23-26-20)16-7-4-8-18(21)13-16;21-17-7-6-16(14-18(17)22)19-23-20(27-24-19)26-12-10-25(11-13-26)9-8-15-4-2-1-3-5-15;1-15-5-2-3-6-17(15)14-24-9-11-25(12-10-24)20-22-19(23-26-20)16-7-4-8-18(21)13-16/h1-7,14H,8-13H2;2-8,13H,9-12,14H2,1H3;1-7,14H,8-13H2;2-8,13H,9-12,14H2,1H3. The lowest BCUT2D eigenvalue weighted by atomic mass is 10.1. The topological polar surface area (TPSA) is 129 Å². The first-order valence-electron chi connectivity index (χ1n) is 35.6. The first-order valence-corrected chi connectivity index (χ1v) is 39.4. The predicted molar refractivity (Wildman–Crippen MR) is 426 cm³/mol. The Bertz CT molecular complexity index is 4600. The van der Waals surface area contributed by atoms with Crippen molar-refractivity contribution < 1.29 is 17.6 Å². The van der Waals surface area contributed by atoms with Crippen LogP contribution in [0.1, 0.15) is 33.4 Å². The number of aryl methyl sites for hydroxylation is 2. The number of nitrogens with zero attached hydrogens (tertiary/aromatic N) is 16. The lowest BCUT2D eigenvalue weighted by molar-refractivity contribution is 0.249. The van der Waals surface area contributed by atoms with Crippen LogP contribution in [0.15, 0.2) is 194 Å². The summed E-state index contributed by atoms with van der Waals surface area (Å²) in [4.78, 5) is 37.5. The fourth-order valence-electron chi connectivity index (χ4n) is 12.8.